The Kier molecular flexibility index (Phi) is 8.84. The van der Waals surface area contributed by atoms with Gasteiger partial charge in [-0.05, 0) is 43.2 Å². The second-order valence-corrected chi connectivity index (χ2v) is 6.81. The predicted octanol–water partition coefficient (Wildman–Crippen LogP) is 5.09. The fourth-order valence-corrected chi connectivity index (χ4v) is 3.33. The summed E-state index contributed by atoms with van der Waals surface area (Å²) in [6.45, 7) is 7.23. The number of hydrogen-bond acceptors (Lipinski definition) is 5. The summed E-state index contributed by atoms with van der Waals surface area (Å²) in [5.74, 6) is 0. The van der Waals surface area contributed by atoms with Gasteiger partial charge in [0.2, 0.25) is 0 Å². The number of aliphatic hydroxyl groups excluding tert-OH is 1. The van der Waals surface area contributed by atoms with Gasteiger partial charge in [-0.25, -0.2) is 0 Å². The van der Waals surface area contributed by atoms with E-state index >= 15 is 0 Å². The summed E-state index contributed by atoms with van der Waals surface area (Å²) in [6, 6.07) is 3.28. The van der Waals surface area contributed by atoms with E-state index in [0.717, 1.165) is 14.2 Å². The molecule has 1 aliphatic heterocycles. The van der Waals surface area contributed by atoms with Gasteiger partial charge in [0.25, 0.3) is 5.60 Å². The standard InChI is InChI=1S/C18H15F6N3O2.C2H6.CH4O/c1-9-4-11(5-10(2)12(9)8-28)13-7-16(29-26-13,18(22,23)24)15-6-14(17(19,20)21)25-27(15)3;2*1-2/h4-6,8H,7H2,1-3H3;1-2H3;2H,1H3. The Morgan fingerprint density at radius 1 is 1.06 bits per heavy atom. The maximum Gasteiger partial charge on any atom is 0.437 e. The molecule has 1 atom stereocenters. The van der Waals surface area contributed by atoms with E-state index in [1.165, 1.54) is 12.1 Å². The van der Waals surface area contributed by atoms with Crippen LogP contribution >= 0.6 is 0 Å². The lowest BCUT2D eigenvalue weighted by Gasteiger charge is -2.28. The van der Waals surface area contributed by atoms with Crippen molar-refractivity contribution in [2.45, 2.75) is 52.1 Å². The molecule has 1 aromatic heterocycles. The first kappa shape index (κ1) is 28.1. The molecule has 1 aliphatic rings. The van der Waals surface area contributed by atoms with Crippen molar-refractivity contribution in [1.82, 2.24) is 9.78 Å². The SMILES string of the molecule is CC.CO.Cc1cc(C2=NOC(c3cc(C(F)(F)F)nn3C)(C(F)(F)F)C2)cc(C)c1C=O. The van der Waals surface area contributed by atoms with Crippen LogP contribution in [0, 0.1) is 13.8 Å². The van der Waals surface area contributed by atoms with Gasteiger partial charge in [0.05, 0.1) is 17.8 Å². The van der Waals surface area contributed by atoms with Crippen LogP contribution in [0.5, 0.6) is 0 Å². The quantitative estimate of drug-likeness (QED) is 0.490. The highest BCUT2D eigenvalue weighted by atomic mass is 19.4. The zero-order valence-electron chi connectivity index (χ0n) is 18.9. The molecule has 0 amide bonds. The van der Waals surface area contributed by atoms with Crippen LogP contribution < -0.4 is 0 Å². The van der Waals surface area contributed by atoms with Gasteiger partial charge >= 0.3 is 12.4 Å². The highest BCUT2D eigenvalue weighted by Gasteiger charge is 2.64. The molecule has 6 nitrogen and oxygen atoms in total. The summed E-state index contributed by atoms with van der Waals surface area (Å²) in [5.41, 5.74) is -3.73. The topological polar surface area (TPSA) is 76.7 Å². The minimum atomic E-state index is -5.07. The molecule has 1 unspecified atom stereocenters. The first-order chi connectivity index (χ1) is 15.3. The fourth-order valence-electron chi connectivity index (χ4n) is 3.33. The molecular weight excluding hydrogens is 456 g/mol. The van der Waals surface area contributed by atoms with Crippen LogP contribution in [0.25, 0.3) is 0 Å². The van der Waals surface area contributed by atoms with Crippen molar-refractivity contribution in [1.29, 1.82) is 0 Å². The third kappa shape index (κ3) is 5.37. The average molecular weight is 481 g/mol. The number of carbonyl (C=O) groups is 1. The van der Waals surface area contributed by atoms with Crippen LogP contribution in [0.1, 0.15) is 58.7 Å². The maximum atomic E-state index is 14.0. The van der Waals surface area contributed by atoms with E-state index < -0.39 is 35.8 Å². The molecule has 1 N–H and O–H groups in total. The Morgan fingerprint density at radius 2 is 1.58 bits per heavy atom. The van der Waals surface area contributed by atoms with Crippen LogP contribution in [0.3, 0.4) is 0 Å². The van der Waals surface area contributed by atoms with E-state index in [4.69, 9.17) is 9.94 Å². The van der Waals surface area contributed by atoms with Crippen LogP contribution in [-0.4, -0.2) is 40.2 Å². The lowest BCUT2D eigenvalue weighted by molar-refractivity contribution is -0.278. The van der Waals surface area contributed by atoms with E-state index in [1.54, 1.807) is 13.8 Å². The number of aromatic nitrogens is 2. The molecule has 0 saturated carbocycles. The third-order valence-electron chi connectivity index (χ3n) is 4.81. The van der Waals surface area contributed by atoms with E-state index in [9.17, 15) is 31.1 Å². The fraction of sp³-hybridized carbons (Fsp3) is 0.476. The lowest BCUT2D eigenvalue weighted by atomic mass is 9.88. The van der Waals surface area contributed by atoms with E-state index in [0.29, 0.717) is 33.7 Å². The molecule has 0 saturated heterocycles. The Morgan fingerprint density at radius 3 is 1.97 bits per heavy atom. The molecule has 3 rings (SSSR count). The molecule has 0 spiro atoms. The van der Waals surface area contributed by atoms with Crippen LogP contribution in [0.2, 0.25) is 0 Å². The third-order valence-corrected chi connectivity index (χ3v) is 4.81. The molecule has 0 radical (unpaired) electrons. The summed E-state index contributed by atoms with van der Waals surface area (Å²) in [4.78, 5) is 15.9. The van der Waals surface area contributed by atoms with Crippen molar-refractivity contribution in [3.63, 3.8) is 0 Å². The number of benzene rings is 1. The predicted molar refractivity (Wildman–Crippen MR) is 109 cm³/mol. The molecule has 1 aromatic carbocycles. The van der Waals surface area contributed by atoms with E-state index in [2.05, 4.69) is 10.3 Å². The summed E-state index contributed by atoms with van der Waals surface area (Å²) in [5, 5.41) is 13.7. The first-order valence-corrected chi connectivity index (χ1v) is 9.75. The van der Waals surface area contributed by atoms with Crippen molar-refractivity contribution < 1.29 is 41.1 Å². The van der Waals surface area contributed by atoms with Gasteiger partial charge in [0, 0.05) is 25.3 Å². The summed E-state index contributed by atoms with van der Waals surface area (Å²) in [6.07, 6.45) is -10.2. The zero-order valence-corrected chi connectivity index (χ0v) is 18.9. The van der Waals surface area contributed by atoms with Gasteiger partial charge < -0.3 is 9.94 Å². The number of hydrogen-bond donors (Lipinski definition) is 1. The van der Waals surface area contributed by atoms with Gasteiger partial charge in [0.15, 0.2) is 12.0 Å². The second kappa shape index (κ2) is 10.4. The molecule has 184 valence electrons. The van der Waals surface area contributed by atoms with Crippen LogP contribution in [0.4, 0.5) is 26.3 Å². The Labute approximate surface area is 186 Å². The number of rotatable bonds is 3. The number of nitrogens with zero attached hydrogens (tertiary/aromatic N) is 3. The van der Waals surface area contributed by atoms with Gasteiger partial charge in [-0.3, -0.25) is 9.48 Å². The Hall–Kier alpha value is -2.89. The second-order valence-electron chi connectivity index (χ2n) is 6.81. The maximum absolute atomic E-state index is 14.0. The van der Waals surface area contributed by atoms with E-state index in [1.807, 2.05) is 13.8 Å². The average Bonchev–Trinajstić information content (AvgIpc) is 3.35. The van der Waals surface area contributed by atoms with Crippen molar-refractivity contribution in [3.8, 4) is 0 Å². The lowest BCUT2D eigenvalue weighted by Crippen LogP contribution is -2.44. The van der Waals surface area contributed by atoms with Crippen molar-refractivity contribution in [3.05, 3.63) is 51.8 Å². The van der Waals surface area contributed by atoms with Crippen molar-refractivity contribution in [2.75, 3.05) is 7.11 Å². The smallest absolute Gasteiger partial charge is 0.400 e. The molecule has 33 heavy (non-hydrogen) atoms. The highest BCUT2D eigenvalue weighted by Crippen LogP contribution is 2.49. The molecule has 12 heteroatoms. The minimum Gasteiger partial charge on any atom is -0.400 e. The number of halogens is 6. The molecule has 0 bridgehead atoms. The Bertz CT molecular complexity index is 989. The zero-order chi connectivity index (χ0) is 25.8. The van der Waals surface area contributed by atoms with Gasteiger partial charge in [-0.15, -0.1) is 0 Å². The van der Waals surface area contributed by atoms with Crippen molar-refractivity contribution in [2.24, 2.45) is 12.2 Å². The molecule has 0 fully saturated rings. The van der Waals surface area contributed by atoms with E-state index in [-0.39, 0.29) is 11.3 Å². The number of alkyl halides is 6. The largest absolute Gasteiger partial charge is 0.437 e. The number of aryl methyl sites for hydroxylation is 3. The number of aldehydes is 1. The first-order valence-electron chi connectivity index (χ1n) is 9.75. The number of oxime groups is 1. The number of aliphatic hydroxyl groups is 1. The van der Waals surface area contributed by atoms with Gasteiger partial charge in [0.1, 0.15) is 0 Å². The van der Waals surface area contributed by atoms with Gasteiger partial charge in [-0.1, -0.05) is 19.0 Å². The molecule has 0 aliphatic carbocycles. The Balaban J connectivity index is 0.00000129. The normalized spacial score (nSPS) is 17.8. The van der Waals surface area contributed by atoms with Crippen LogP contribution in [0.15, 0.2) is 23.4 Å². The van der Waals surface area contributed by atoms with Crippen LogP contribution in [-0.2, 0) is 23.7 Å². The molecular formula is C21H25F6N3O3. The minimum absolute atomic E-state index is 0.0965. The number of carbonyl (C=O) groups excluding carboxylic acids is 1. The highest BCUT2D eigenvalue weighted by molar-refractivity contribution is 6.02. The molecule has 2 heterocycles. The summed E-state index contributed by atoms with van der Waals surface area (Å²) in [7, 11) is 1.98. The summed E-state index contributed by atoms with van der Waals surface area (Å²) < 4.78 is 81.3. The summed E-state index contributed by atoms with van der Waals surface area (Å²) >= 11 is 0. The van der Waals surface area contributed by atoms with Crippen molar-refractivity contribution >= 4 is 12.0 Å². The molecule has 2 aromatic rings. The monoisotopic (exact) mass is 481 g/mol. The van der Waals surface area contributed by atoms with Gasteiger partial charge in [-0.2, -0.15) is 31.4 Å².